The van der Waals surface area contributed by atoms with Crippen molar-refractivity contribution in [2.45, 2.75) is 31.8 Å². The lowest BCUT2D eigenvalue weighted by Crippen LogP contribution is -2.33. The predicted octanol–water partition coefficient (Wildman–Crippen LogP) is 1.84. The number of nitrogens with zero attached hydrogens (tertiary/aromatic N) is 1. The van der Waals surface area contributed by atoms with E-state index in [0.29, 0.717) is 17.4 Å². The largest absolute Gasteiger partial charge is 0.484 e. The predicted molar refractivity (Wildman–Crippen MR) is 70.3 cm³/mol. The fourth-order valence-electron chi connectivity index (χ4n) is 1.88. The Morgan fingerprint density at radius 3 is 2.79 bits per heavy atom. The molecule has 1 aliphatic rings. The van der Waals surface area contributed by atoms with Crippen molar-refractivity contribution in [1.29, 1.82) is 0 Å². The monoisotopic (exact) mass is 266 g/mol. The Morgan fingerprint density at radius 1 is 1.58 bits per heavy atom. The lowest BCUT2D eigenvalue weighted by Gasteiger charge is -2.16. The van der Waals surface area contributed by atoms with Crippen molar-refractivity contribution in [2.75, 3.05) is 13.7 Å². The molecule has 1 atom stereocenters. The summed E-state index contributed by atoms with van der Waals surface area (Å²) in [5.74, 6) is -0.144. The van der Waals surface area contributed by atoms with Crippen molar-refractivity contribution in [3.63, 3.8) is 0 Å². The van der Waals surface area contributed by atoms with E-state index in [0.717, 1.165) is 12.8 Å². The molecule has 1 aliphatic carbocycles. The highest BCUT2D eigenvalue weighted by atomic mass is 19.1. The summed E-state index contributed by atoms with van der Waals surface area (Å²) in [7, 11) is 1.77. The zero-order chi connectivity index (χ0) is 14.0. The van der Waals surface area contributed by atoms with E-state index in [4.69, 9.17) is 10.5 Å². The number of benzene rings is 1. The van der Waals surface area contributed by atoms with Crippen LogP contribution in [0.4, 0.5) is 4.39 Å². The van der Waals surface area contributed by atoms with Crippen LogP contribution in [0.1, 0.15) is 31.4 Å². The third-order valence-corrected chi connectivity index (χ3v) is 3.31. The second-order valence-electron chi connectivity index (χ2n) is 5.00. The minimum absolute atomic E-state index is 0.0655. The Bertz CT molecular complexity index is 473. The fourth-order valence-corrected chi connectivity index (χ4v) is 1.88. The van der Waals surface area contributed by atoms with Gasteiger partial charge in [0.25, 0.3) is 5.91 Å². The number of rotatable bonds is 5. The summed E-state index contributed by atoms with van der Waals surface area (Å²) in [6.07, 6.45) is 2.11. The molecule has 1 amide bonds. The quantitative estimate of drug-likeness (QED) is 0.884. The van der Waals surface area contributed by atoms with Gasteiger partial charge in [0, 0.05) is 30.8 Å². The Kier molecular flexibility index (Phi) is 4.04. The molecule has 0 bridgehead atoms. The van der Waals surface area contributed by atoms with Crippen molar-refractivity contribution < 1.29 is 13.9 Å². The molecule has 2 rings (SSSR count). The van der Waals surface area contributed by atoms with Crippen LogP contribution in [0.3, 0.4) is 0 Å². The van der Waals surface area contributed by atoms with Gasteiger partial charge in [-0.25, -0.2) is 4.39 Å². The summed E-state index contributed by atoms with van der Waals surface area (Å²) in [5, 5.41) is 0. The molecule has 1 saturated carbocycles. The first-order valence-electron chi connectivity index (χ1n) is 6.42. The van der Waals surface area contributed by atoms with E-state index in [2.05, 4.69) is 0 Å². The van der Waals surface area contributed by atoms with Gasteiger partial charge in [0.15, 0.2) is 6.61 Å². The first-order valence-corrected chi connectivity index (χ1v) is 6.42. The summed E-state index contributed by atoms with van der Waals surface area (Å²) < 4.78 is 19.0. The minimum Gasteiger partial charge on any atom is -0.484 e. The van der Waals surface area contributed by atoms with E-state index in [1.165, 1.54) is 6.07 Å². The molecule has 104 valence electrons. The van der Waals surface area contributed by atoms with E-state index < -0.39 is 5.82 Å². The molecule has 0 heterocycles. The molecule has 2 N–H and O–H groups in total. The second-order valence-corrected chi connectivity index (χ2v) is 5.00. The van der Waals surface area contributed by atoms with Gasteiger partial charge in [-0.3, -0.25) is 4.79 Å². The summed E-state index contributed by atoms with van der Waals surface area (Å²) in [6.45, 7) is 1.65. The molecular formula is C14H19FN2O2. The molecule has 0 radical (unpaired) electrons. The number of carbonyl (C=O) groups is 1. The lowest BCUT2D eigenvalue weighted by atomic mass is 10.1. The molecule has 1 aromatic carbocycles. The molecule has 1 aromatic rings. The molecule has 1 fully saturated rings. The Morgan fingerprint density at radius 2 is 2.26 bits per heavy atom. The topological polar surface area (TPSA) is 55.6 Å². The van der Waals surface area contributed by atoms with Gasteiger partial charge in [0.05, 0.1) is 0 Å². The lowest BCUT2D eigenvalue weighted by molar-refractivity contribution is -0.132. The zero-order valence-electron chi connectivity index (χ0n) is 11.2. The highest BCUT2D eigenvalue weighted by Crippen LogP contribution is 2.25. The van der Waals surface area contributed by atoms with Crippen LogP contribution in [-0.2, 0) is 4.79 Å². The average molecular weight is 266 g/mol. The molecule has 0 spiro atoms. The van der Waals surface area contributed by atoms with Gasteiger partial charge in [0.2, 0.25) is 0 Å². The molecule has 5 heteroatoms. The fraction of sp³-hybridized carbons (Fsp3) is 0.500. The van der Waals surface area contributed by atoms with Crippen molar-refractivity contribution >= 4 is 5.91 Å². The molecular weight excluding hydrogens is 247 g/mol. The number of amides is 1. The van der Waals surface area contributed by atoms with E-state index in [-0.39, 0.29) is 18.6 Å². The van der Waals surface area contributed by atoms with Crippen molar-refractivity contribution in [1.82, 2.24) is 4.90 Å². The van der Waals surface area contributed by atoms with E-state index >= 15 is 0 Å². The normalized spacial score (nSPS) is 16.0. The van der Waals surface area contributed by atoms with Crippen molar-refractivity contribution in [3.05, 3.63) is 29.6 Å². The number of ether oxygens (including phenoxy) is 1. The summed E-state index contributed by atoms with van der Waals surface area (Å²) in [5.41, 5.74) is 6.06. The minimum atomic E-state index is -0.407. The Hall–Kier alpha value is -1.62. The number of halogens is 1. The number of nitrogens with two attached hydrogens (primary N) is 1. The molecule has 0 aromatic heterocycles. The Labute approximate surface area is 112 Å². The number of hydrogen-bond acceptors (Lipinski definition) is 3. The van der Waals surface area contributed by atoms with Crippen molar-refractivity contribution in [2.24, 2.45) is 5.73 Å². The van der Waals surface area contributed by atoms with Crippen LogP contribution in [0.2, 0.25) is 0 Å². The highest BCUT2D eigenvalue weighted by molar-refractivity contribution is 5.78. The van der Waals surface area contributed by atoms with Gasteiger partial charge in [-0.15, -0.1) is 0 Å². The van der Waals surface area contributed by atoms with Gasteiger partial charge in [-0.1, -0.05) is 6.07 Å². The average Bonchev–Trinajstić information content (AvgIpc) is 3.18. The maximum absolute atomic E-state index is 13.7. The molecule has 0 unspecified atom stereocenters. The van der Waals surface area contributed by atoms with E-state index in [1.54, 1.807) is 31.0 Å². The molecule has 0 aliphatic heterocycles. The molecule has 19 heavy (non-hydrogen) atoms. The van der Waals surface area contributed by atoms with Gasteiger partial charge >= 0.3 is 0 Å². The van der Waals surface area contributed by atoms with Gasteiger partial charge in [-0.05, 0) is 25.8 Å². The van der Waals surface area contributed by atoms with Crippen molar-refractivity contribution in [3.8, 4) is 5.75 Å². The number of likely N-dealkylation sites (N-methyl/N-ethyl adjacent to an activating group) is 1. The standard InChI is InChI=1S/C14H19FN2O2/c1-9(16)12-6-5-11(7-13(12)15)19-8-14(18)17(2)10-3-4-10/h5-7,9-10H,3-4,8,16H2,1-2H3/t9-/m1/s1. The van der Waals surface area contributed by atoms with Gasteiger partial charge in [-0.2, -0.15) is 0 Å². The first-order chi connectivity index (χ1) is 8.99. The van der Waals surface area contributed by atoms with E-state index in [9.17, 15) is 9.18 Å². The smallest absolute Gasteiger partial charge is 0.260 e. The van der Waals surface area contributed by atoms with Crippen LogP contribution in [0, 0.1) is 5.82 Å². The molecule has 0 saturated heterocycles. The molecule has 4 nitrogen and oxygen atoms in total. The summed E-state index contributed by atoms with van der Waals surface area (Å²) in [4.78, 5) is 13.4. The first kappa shape index (κ1) is 13.8. The van der Waals surface area contributed by atoms with Crippen LogP contribution in [0.15, 0.2) is 18.2 Å². The van der Waals surface area contributed by atoms with Crippen LogP contribution in [-0.4, -0.2) is 30.5 Å². The van der Waals surface area contributed by atoms with Gasteiger partial charge in [0.1, 0.15) is 11.6 Å². The Balaban J connectivity index is 1.92. The van der Waals surface area contributed by atoms with Crippen LogP contribution < -0.4 is 10.5 Å². The van der Waals surface area contributed by atoms with Gasteiger partial charge < -0.3 is 15.4 Å². The SMILES string of the molecule is C[C@@H](N)c1ccc(OCC(=O)N(C)C2CC2)cc1F. The number of hydrogen-bond donors (Lipinski definition) is 1. The van der Waals surface area contributed by atoms with E-state index in [1.807, 2.05) is 0 Å². The van der Waals surface area contributed by atoms with Crippen LogP contribution in [0.5, 0.6) is 5.75 Å². The summed E-state index contributed by atoms with van der Waals surface area (Å²) >= 11 is 0. The second kappa shape index (κ2) is 5.57. The van der Waals surface area contributed by atoms with Crippen LogP contribution in [0.25, 0.3) is 0 Å². The highest BCUT2D eigenvalue weighted by Gasteiger charge is 2.29. The zero-order valence-corrected chi connectivity index (χ0v) is 11.2. The third-order valence-electron chi connectivity index (χ3n) is 3.31. The van der Waals surface area contributed by atoms with Crippen LogP contribution >= 0.6 is 0 Å². The summed E-state index contributed by atoms with van der Waals surface area (Å²) in [6, 6.07) is 4.48. The third kappa shape index (κ3) is 3.44. The number of carbonyl (C=O) groups excluding carboxylic acids is 1. The maximum Gasteiger partial charge on any atom is 0.260 e. The maximum atomic E-state index is 13.7.